The molecule has 0 aliphatic carbocycles. The van der Waals surface area contributed by atoms with E-state index in [0.717, 1.165) is 0 Å². The topological polar surface area (TPSA) is 68.2 Å². The molecule has 0 aromatic rings. The second-order valence-electron chi connectivity index (χ2n) is 7.04. The molecule has 19 heavy (non-hydrogen) atoms. The first-order valence-electron chi connectivity index (χ1n) is 6.66. The summed E-state index contributed by atoms with van der Waals surface area (Å²) >= 11 is 0. The first-order valence-corrected chi connectivity index (χ1v) is 6.66. The van der Waals surface area contributed by atoms with Crippen molar-refractivity contribution in [2.45, 2.75) is 67.6 Å². The predicted molar refractivity (Wildman–Crippen MR) is 77.0 cm³/mol. The first kappa shape index (κ1) is 18.9. The van der Waals surface area contributed by atoms with Crippen LogP contribution in [-0.4, -0.2) is 36.9 Å². The van der Waals surface area contributed by atoms with Gasteiger partial charge < -0.3 is 23.9 Å². The van der Waals surface area contributed by atoms with Crippen LogP contribution in [0.5, 0.6) is 0 Å². The normalized spacial score (nSPS) is 16.1. The average Bonchev–Trinajstić information content (AvgIpc) is 2.12. The van der Waals surface area contributed by atoms with Gasteiger partial charge in [-0.2, -0.15) is 0 Å². The quantitative estimate of drug-likeness (QED) is 0.723. The zero-order chi connectivity index (χ0) is 15.4. The van der Waals surface area contributed by atoms with Crippen molar-refractivity contribution < 1.29 is 23.9 Å². The lowest BCUT2D eigenvalue weighted by Gasteiger charge is -2.33. The molecule has 0 amide bonds. The zero-order valence-corrected chi connectivity index (χ0v) is 13.4. The molecule has 0 heterocycles. The third-order valence-corrected chi connectivity index (χ3v) is 3.30. The number of hydrogen-bond donors (Lipinski definition) is 2. The van der Waals surface area contributed by atoms with Crippen molar-refractivity contribution in [2.75, 3.05) is 0 Å². The highest BCUT2D eigenvalue weighted by Gasteiger charge is 2.36. The van der Waals surface area contributed by atoms with Crippen LogP contribution in [0.3, 0.4) is 0 Å². The van der Waals surface area contributed by atoms with Gasteiger partial charge in [0.05, 0.1) is 0 Å². The molecular weight excluding hydrogens is 246 g/mol. The van der Waals surface area contributed by atoms with Crippen LogP contribution in [0.4, 0.5) is 0 Å². The highest BCUT2D eigenvalue weighted by Crippen LogP contribution is 2.26. The van der Waals surface area contributed by atoms with Gasteiger partial charge in [-0.25, -0.2) is 0 Å². The van der Waals surface area contributed by atoms with Gasteiger partial charge in [0, 0.05) is 12.2 Å². The van der Waals surface area contributed by atoms with Crippen molar-refractivity contribution in [1.82, 2.24) is 0 Å². The van der Waals surface area contributed by atoms with Crippen LogP contribution >= 0.6 is 0 Å². The van der Waals surface area contributed by atoms with E-state index in [4.69, 9.17) is 23.9 Å². The molecule has 0 bridgehead atoms. The van der Waals surface area contributed by atoms with Crippen LogP contribution in [0, 0.1) is 10.8 Å². The van der Waals surface area contributed by atoms with Crippen molar-refractivity contribution in [3.63, 3.8) is 0 Å². The molecule has 0 fully saturated rings. The molecule has 0 saturated heterocycles. The van der Waals surface area contributed by atoms with Gasteiger partial charge in [0.1, 0.15) is 0 Å². The van der Waals surface area contributed by atoms with E-state index in [1.807, 2.05) is 55.4 Å². The molecule has 2 atom stereocenters. The maximum Gasteiger partial charge on any atom is 0.627 e. The standard InChI is InChI=1S/C12H28B2O5/c1-9(11(3,4)5)17-14(19-13(15)16)18-10(2)12(6,7)8/h9-10,15-16H,1-8H3. The van der Waals surface area contributed by atoms with Crippen LogP contribution in [0.1, 0.15) is 55.4 Å². The largest absolute Gasteiger partial charge is 0.627 e. The summed E-state index contributed by atoms with van der Waals surface area (Å²) in [4.78, 5) is 0. The summed E-state index contributed by atoms with van der Waals surface area (Å²) in [6.45, 7) is 15.9. The van der Waals surface area contributed by atoms with Crippen LogP contribution < -0.4 is 0 Å². The Bertz CT molecular complexity index is 238. The fraction of sp³-hybridized carbons (Fsp3) is 1.00. The van der Waals surface area contributed by atoms with Crippen LogP contribution in [0.15, 0.2) is 0 Å². The molecule has 112 valence electrons. The zero-order valence-electron chi connectivity index (χ0n) is 13.4. The smallest absolute Gasteiger partial charge is 0.402 e. The minimum atomic E-state index is -1.93. The summed E-state index contributed by atoms with van der Waals surface area (Å²) in [5.74, 6) is 0. The molecule has 0 saturated carbocycles. The van der Waals surface area contributed by atoms with E-state index in [1.165, 1.54) is 0 Å². The second kappa shape index (κ2) is 7.09. The Balaban J connectivity index is 4.65. The van der Waals surface area contributed by atoms with Crippen LogP contribution in [0.25, 0.3) is 0 Å². The van der Waals surface area contributed by atoms with E-state index in [9.17, 15) is 0 Å². The van der Waals surface area contributed by atoms with E-state index in [2.05, 4.69) is 0 Å². The summed E-state index contributed by atoms with van der Waals surface area (Å²) in [5.41, 5.74) is -0.202. The fourth-order valence-electron chi connectivity index (χ4n) is 0.937. The van der Waals surface area contributed by atoms with Gasteiger partial charge in [-0.1, -0.05) is 41.5 Å². The van der Waals surface area contributed by atoms with Crippen LogP contribution in [0.2, 0.25) is 0 Å². The lowest BCUT2D eigenvalue weighted by Crippen LogP contribution is -2.44. The van der Waals surface area contributed by atoms with Crippen molar-refractivity contribution in [3.8, 4) is 0 Å². The Hall–Kier alpha value is -0.0701. The Kier molecular flexibility index (Phi) is 7.06. The average molecular weight is 274 g/mol. The van der Waals surface area contributed by atoms with Crippen LogP contribution in [-0.2, 0) is 13.9 Å². The lowest BCUT2D eigenvalue weighted by atomic mass is 9.88. The Morgan fingerprint density at radius 1 is 0.789 bits per heavy atom. The van der Waals surface area contributed by atoms with Crippen molar-refractivity contribution in [2.24, 2.45) is 10.8 Å². The number of hydrogen-bond acceptors (Lipinski definition) is 5. The molecule has 0 aromatic carbocycles. The maximum atomic E-state index is 8.93. The highest BCUT2D eigenvalue weighted by molar-refractivity contribution is 6.50. The first-order chi connectivity index (χ1) is 8.34. The molecule has 0 aromatic heterocycles. The maximum absolute atomic E-state index is 8.93. The molecule has 0 radical (unpaired) electrons. The SMILES string of the molecule is CC(OB(OB(O)O)OC(C)C(C)(C)C)C(C)(C)C. The Morgan fingerprint density at radius 2 is 1.11 bits per heavy atom. The molecular formula is C12H28B2O5. The van der Waals surface area contributed by atoms with E-state index >= 15 is 0 Å². The minimum absolute atomic E-state index is 0.101. The monoisotopic (exact) mass is 274 g/mol. The molecule has 5 nitrogen and oxygen atoms in total. The summed E-state index contributed by atoms with van der Waals surface area (Å²) < 4.78 is 16.1. The van der Waals surface area contributed by atoms with Gasteiger partial charge in [0.25, 0.3) is 0 Å². The second-order valence-corrected chi connectivity index (χ2v) is 7.04. The molecule has 2 N–H and O–H groups in total. The summed E-state index contributed by atoms with van der Waals surface area (Å²) in [6, 6.07) is 0. The number of rotatable bonds is 6. The predicted octanol–water partition coefficient (Wildman–Crippen LogP) is 1.86. The molecule has 0 aliphatic rings. The van der Waals surface area contributed by atoms with Gasteiger partial charge in [-0.15, -0.1) is 0 Å². The van der Waals surface area contributed by atoms with Gasteiger partial charge >= 0.3 is 14.6 Å². The van der Waals surface area contributed by atoms with Crippen molar-refractivity contribution in [1.29, 1.82) is 0 Å². The Labute approximate surface area is 118 Å². The van der Waals surface area contributed by atoms with E-state index < -0.39 is 14.6 Å². The van der Waals surface area contributed by atoms with E-state index in [-0.39, 0.29) is 23.0 Å². The molecule has 0 spiro atoms. The van der Waals surface area contributed by atoms with E-state index in [0.29, 0.717) is 0 Å². The van der Waals surface area contributed by atoms with Gasteiger partial charge in [0.2, 0.25) is 0 Å². The van der Waals surface area contributed by atoms with Gasteiger partial charge in [-0.3, -0.25) is 0 Å². The third-order valence-electron chi connectivity index (χ3n) is 3.30. The highest BCUT2D eigenvalue weighted by atomic mass is 16.8. The summed E-state index contributed by atoms with van der Waals surface area (Å²) in [7, 11) is -3.03. The minimum Gasteiger partial charge on any atom is -0.402 e. The van der Waals surface area contributed by atoms with E-state index in [1.54, 1.807) is 0 Å². The van der Waals surface area contributed by atoms with Gasteiger partial charge in [0.15, 0.2) is 0 Å². The lowest BCUT2D eigenvalue weighted by molar-refractivity contribution is -0.00713. The third kappa shape index (κ3) is 7.95. The fourth-order valence-corrected chi connectivity index (χ4v) is 0.937. The Morgan fingerprint density at radius 3 is 1.32 bits per heavy atom. The molecule has 7 heteroatoms. The van der Waals surface area contributed by atoms with Crippen molar-refractivity contribution in [3.05, 3.63) is 0 Å². The summed E-state index contributed by atoms with van der Waals surface area (Å²) in [6.07, 6.45) is -0.327. The van der Waals surface area contributed by atoms with Gasteiger partial charge in [-0.05, 0) is 24.7 Å². The molecule has 2 unspecified atom stereocenters. The summed E-state index contributed by atoms with van der Waals surface area (Å²) in [5, 5.41) is 17.9. The molecule has 0 aliphatic heterocycles. The van der Waals surface area contributed by atoms with Crippen molar-refractivity contribution >= 4 is 14.6 Å². The molecule has 0 rings (SSSR count).